The van der Waals surface area contributed by atoms with Crippen LogP contribution in [-0.2, 0) is 4.74 Å². The standard InChI is InChI=1S/C11H15NO2S/c12-9-3-1-2-8(4-9)11(13)7-15-10-5-14-6-10/h1-4,10-11,13H,5-7,12H2. The lowest BCUT2D eigenvalue weighted by atomic mass is 10.1. The Labute approximate surface area is 93.6 Å². The molecule has 1 fully saturated rings. The topological polar surface area (TPSA) is 55.5 Å². The molecule has 1 aromatic carbocycles. The smallest absolute Gasteiger partial charge is 0.0881 e. The molecule has 0 aromatic heterocycles. The predicted octanol–water partition coefficient (Wildman–Crippen LogP) is 1.43. The lowest BCUT2D eigenvalue weighted by Gasteiger charge is -2.26. The molecule has 0 amide bonds. The normalized spacial score (nSPS) is 18.5. The Balaban J connectivity index is 1.86. The number of thioether (sulfide) groups is 1. The molecule has 2 rings (SSSR count). The van der Waals surface area contributed by atoms with Gasteiger partial charge in [-0.25, -0.2) is 0 Å². The van der Waals surface area contributed by atoms with E-state index in [4.69, 9.17) is 10.5 Å². The molecule has 1 aliphatic rings. The van der Waals surface area contributed by atoms with E-state index >= 15 is 0 Å². The van der Waals surface area contributed by atoms with Crippen LogP contribution in [0.25, 0.3) is 0 Å². The third-order valence-electron chi connectivity index (χ3n) is 2.39. The van der Waals surface area contributed by atoms with Crippen LogP contribution >= 0.6 is 11.8 Å². The summed E-state index contributed by atoms with van der Waals surface area (Å²) < 4.78 is 5.07. The summed E-state index contributed by atoms with van der Waals surface area (Å²) in [5, 5.41) is 10.5. The van der Waals surface area contributed by atoms with E-state index in [0.29, 0.717) is 16.7 Å². The first kappa shape index (κ1) is 10.8. The number of nitrogens with two attached hydrogens (primary N) is 1. The van der Waals surface area contributed by atoms with E-state index in [1.165, 1.54) is 0 Å². The molecule has 82 valence electrons. The largest absolute Gasteiger partial charge is 0.399 e. The van der Waals surface area contributed by atoms with Crippen molar-refractivity contribution >= 4 is 17.4 Å². The second-order valence-electron chi connectivity index (χ2n) is 3.68. The highest BCUT2D eigenvalue weighted by Crippen LogP contribution is 2.25. The Morgan fingerprint density at radius 1 is 1.53 bits per heavy atom. The van der Waals surface area contributed by atoms with Crippen LogP contribution < -0.4 is 5.73 Å². The van der Waals surface area contributed by atoms with E-state index in [9.17, 15) is 5.11 Å². The molecule has 1 saturated heterocycles. The van der Waals surface area contributed by atoms with Crippen molar-refractivity contribution < 1.29 is 9.84 Å². The number of rotatable bonds is 4. The van der Waals surface area contributed by atoms with Crippen LogP contribution in [-0.4, -0.2) is 29.3 Å². The maximum Gasteiger partial charge on any atom is 0.0881 e. The van der Waals surface area contributed by atoms with Gasteiger partial charge in [-0.05, 0) is 17.7 Å². The molecule has 1 aliphatic heterocycles. The van der Waals surface area contributed by atoms with Crippen molar-refractivity contribution in [3.05, 3.63) is 29.8 Å². The number of ether oxygens (including phenoxy) is 1. The molecule has 1 aromatic rings. The van der Waals surface area contributed by atoms with E-state index in [0.717, 1.165) is 18.8 Å². The van der Waals surface area contributed by atoms with Crippen molar-refractivity contribution in [3.63, 3.8) is 0 Å². The first-order valence-corrected chi connectivity index (χ1v) is 6.03. The average molecular weight is 225 g/mol. The van der Waals surface area contributed by atoms with Gasteiger partial charge in [0.25, 0.3) is 0 Å². The Morgan fingerprint density at radius 3 is 2.93 bits per heavy atom. The summed E-state index contributed by atoms with van der Waals surface area (Å²) in [5.74, 6) is 0.706. The quantitative estimate of drug-likeness (QED) is 0.761. The van der Waals surface area contributed by atoms with Crippen LogP contribution in [0.4, 0.5) is 5.69 Å². The molecular formula is C11H15NO2S. The molecule has 0 bridgehead atoms. The molecule has 15 heavy (non-hydrogen) atoms. The summed E-state index contributed by atoms with van der Waals surface area (Å²) in [4.78, 5) is 0. The summed E-state index contributed by atoms with van der Waals surface area (Å²) in [6.45, 7) is 1.63. The van der Waals surface area contributed by atoms with Gasteiger partial charge in [-0.2, -0.15) is 11.8 Å². The fourth-order valence-corrected chi connectivity index (χ4v) is 2.43. The Morgan fingerprint density at radius 2 is 2.33 bits per heavy atom. The molecular weight excluding hydrogens is 210 g/mol. The predicted molar refractivity (Wildman–Crippen MR) is 62.9 cm³/mol. The van der Waals surface area contributed by atoms with E-state index in [2.05, 4.69) is 0 Å². The van der Waals surface area contributed by atoms with Gasteiger partial charge in [0.2, 0.25) is 0 Å². The summed E-state index contributed by atoms with van der Waals surface area (Å²) >= 11 is 1.76. The third kappa shape index (κ3) is 2.87. The van der Waals surface area contributed by atoms with Crippen LogP contribution in [0, 0.1) is 0 Å². The molecule has 0 saturated carbocycles. The second-order valence-corrected chi connectivity index (χ2v) is 5.01. The zero-order chi connectivity index (χ0) is 10.7. The Kier molecular flexibility index (Phi) is 3.51. The molecule has 0 spiro atoms. The molecule has 0 radical (unpaired) electrons. The van der Waals surface area contributed by atoms with Crippen molar-refractivity contribution in [2.45, 2.75) is 11.4 Å². The fourth-order valence-electron chi connectivity index (χ4n) is 1.40. The number of aliphatic hydroxyl groups excluding tert-OH is 1. The van der Waals surface area contributed by atoms with Gasteiger partial charge in [0.15, 0.2) is 0 Å². The van der Waals surface area contributed by atoms with Crippen molar-refractivity contribution in [2.75, 3.05) is 24.7 Å². The van der Waals surface area contributed by atoms with Crippen molar-refractivity contribution in [1.29, 1.82) is 0 Å². The number of benzene rings is 1. The van der Waals surface area contributed by atoms with Crippen LogP contribution in [0.1, 0.15) is 11.7 Å². The van der Waals surface area contributed by atoms with E-state index in [-0.39, 0.29) is 0 Å². The molecule has 4 heteroatoms. The first-order valence-electron chi connectivity index (χ1n) is 4.98. The first-order chi connectivity index (χ1) is 7.25. The summed E-state index contributed by atoms with van der Waals surface area (Å²) in [7, 11) is 0. The van der Waals surface area contributed by atoms with Crippen LogP contribution in [0.3, 0.4) is 0 Å². The molecule has 1 heterocycles. The van der Waals surface area contributed by atoms with Crippen molar-refractivity contribution in [3.8, 4) is 0 Å². The minimum Gasteiger partial charge on any atom is -0.399 e. The van der Waals surface area contributed by atoms with E-state index < -0.39 is 6.10 Å². The third-order valence-corrected chi connectivity index (χ3v) is 3.64. The zero-order valence-corrected chi connectivity index (χ0v) is 9.24. The van der Waals surface area contributed by atoms with E-state index in [1.807, 2.05) is 24.3 Å². The van der Waals surface area contributed by atoms with Gasteiger partial charge in [-0.3, -0.25) is 0 Å². The second kappa shape index (κ2) is 4.88. The Bertz CT molecular complexity index is 328. The minimum atomic E-state index is -0.431. The molecule has 3 N–H and O–H groups in total. The number of anilines is 1. The summed E-state index contributed by atoms with van der Waals surface area (Å²) in [6, 6.07) is 7.41. The van der Waals surface area contributed by atoms with Gasteiger partial charge in [-0.15, -0.1) is 0 Å². The van der Waals surface area contributed by atoms with Crippen molar-refractivity contribution in [2.24, 2.45) is 0 Å². The van der Waals surface area contributed by atoms with Gasteiger partial charge >= 0.3 is 0 Å². The van der Waals surface area contributed by atoms with Gasteiger partial charge in [-0.1, -0.05) is 12.1 Å². The van der Waals surface area contributed by atoms with Crippen LogP contribution in [0.2, 0.25) is 0 Å². The number of aliphatic hydroxyl groups is 1. The lowest BCUT2D eigenvalue weighted by molar-refractivity contribution is 0.0452. The van der Waals surface area contributed by atoms with Crippen LogP contribution in [0.5, 0.6) is 0 Å². The van der Waals surface area contributed by atoms with Gasteiger partial charge in [0.1, 0.15) is 0 Å². The number of nitrogen functional groups attached to an aromatic ring is 1. The van der Waals surface area contributed by atoms with E-state index in [1.54, 1.807) is 11.8 Å². The van der Waals surface area contributed by atoms with Crippen molar-refractivity contribution in [1.82, 2.24) is 0 Å². The summed E-state index contributed by atoms with van der Waals surface area (Å²) in [5.41, 5.74) is 7.24. The fraction of sp³-hybridized carbons (Fsp3) is 0.455. The SMILES string of the molecule is Nc1cccc(C(O)CSC2COC2)c1. The highest BCUT2D eigenvalue weighted by Gasteiger charge is 2.20. The zero-order valence-electron chi connectivity index (χ0n) is 8.43. The molecule has 3 nitrogen and oxygen atoms in total. The maximum atomic E-state index is 9.90. The van der Waals surface area contributed by atoms with Crippen LogP contribution in [0.15, 0.2) is 24.3 Å². The summed E-state index contributed by atoms with van der Waals surface area (Å²) in [6.07, 6.45) is -0.431. The Hall–Kier alpha value is -0.710. The maximum absolute atomic E-state index is 9.90. The highest BCUT2D eigenvalue weighted by molar-refractivity contribution is 8.00. The van der Waals surface area contributed by atoms with Gasteiger partial charge in [0.05, 0.1) is 24.6 Å². The minimum absolute atomic E-state index is 0.431. The molecule has 1 unspecified atom stereocenters. The lowest BCUT2D eigenvalue weighted by Crippen LogP contribution is -2.31. The number of hydrogen-bond acceptors (Lipinski definition) is 4. The monoisotopic (exact) mass is 225 g/mol. The van der Waals surface area contributed by atoms with Gasteiger partial charge in [0, 0.05) is 11.4 Å². The highest BCUT2D eigenvalue weighted by atomic mass is 32.2. The van der Waals surface area contributed by atoms with Gasteiger partial charge < -0.3 is 15.6 Å². The average Bonchev–Trinajstić information content (AvgIpc) is 2.15. The number of hydrogen-bond donors (Lipinski definition) is 2. The molecule has 1 atom stereocenters. The molecule has 0 aliphatic carbocycles.